The van der Waals surface area contributed by atoms with Crippen LogP contribution in [0.1, 0.15) is 38.6 Å². The molecule has 0 bridgehead atoms. The second-order valence-electron chi connectivity index (χ2n) is 8.32. The first-order valence-corrected chi connectivity index (χ1v) is 12.2. The molecule has 2 aromatic heterocycles. The zero-order valence-electron chi connectivity index (χ0n) is 18.1. The maximum atomic E-state index is 14.8. The summed E-state index contributed by atoms with van der Waals surface area (Å²) >= 11 is 0. The Labute approximate surface area is 181 Å². The van der Waals surface area contributed by atoms with Crippen LogP contribution in [0.15, 0.2) is 24.5 Å². The highest BCUT2D eigenvalue weighted by atomic mass is 32.2. The summed E-state index contributed by atoms with van der Waals surface area (Å²) in [7, 11) is -3.16. The number of piperidine rings is 1. The second kappa shape index (κ2) is 8.16. The molecule has 1 N–H and O–H groups in total. The Morgan fingerprint density at radius 3 is 2.52 bits per heavy atom. The molecular weight excluding hydrogens is 419 g/mol. The van der Waals surface area contributed by atoms with E-state index in [9.17, 15) is 12.8 Å². The third kappa shape index (κ3) is 4.40. The molecule has 1 fully saturated rings. The molecule has 0 saturated carbocycles. The number of halogens is 1. The van der Waals surface area contributed by atoms with Gasteiger partial charge in [-0.2, -0.15) is 0 Å². The number of imidazole rings is 1. The monoisotopic (exact) mass is 446 g/mol. The van der Waals surface area contributed by atoms with Gasteiger partial charge in [0.1, 0.15) is 23.5 Å². The smallest absolute Gasteiger partial charge is 0.211 e. The van der Waals surface area contributed by atoms with Gasteiger partial charge in [-0.1, -0.05) is 0 Å². The van der Waals surface area contributed by atoms with Gasteiger partial charge in [-0.25, -0.2) is 32.1 Å². The lowest BCUT2D eigenvalue weighted by Crippen LogP contribution is -2.41. The molecule has 0 amide bonds. The third-order valence-corrected chi connectivity index (χ3v) is 6.98. The third-order valence-electron chi connectivity index (χ3n) is 5.68. The molecule has 31 heavy (non-hydrogen) atoms. The Morgan fingerprint density at radius 1 is 1.16 bits per heavy atom. The van der Waals surface area contributed by atoms with Crippen molar-refractivity contribution in [1.29, 1.82) is 0 Å². The summed E-state index contributed by atoms with van der Waals surface area (Å²) < 4.78 is 41.7. The minimum absolute atomic E-state index is 0.116. The average Bonchev–Trinajstić information content (AvgIpc) is 3.04. The molecule has 4 rings (SSSR count). The zero-order valence-corrected chi connectivity index (χ0v) is 18.9. The van der Waals surface area contributed by atoms with Crippen molar-refractivity contribution in [3.63, 3.8) is 0 Å². The number of hydrogen-bond donors (Lipinski definition) is 1. The normalized spacial score (nSPS) is 16.3. The lowest BCUT2D eigenvalue weighted by atomic mass is 10.1. The Bertz CT molecular complexity index is 1220. The topological polar surface area (TPSA) is 93.0 Å². The van der Waals surface area contributed by atoms with E-state index in [4.69, 9.17) is 0 Å². The van der Waals surface area contributed by atoms with Gasteiger partial charge < -0.3 is 9.88 Å². The van der Waals surface area contributed by atoms with Gasteiger partial charge in [-0.15, -0.1) is 0 Å². The number of hydrogen-bond acceptors (Lipinski definition) is 6. The number of fused-ring (bicyclic) bond motifs is 1. The van der Waals surface area contributed by atoms with Crippen LogP contribution in [0.4, 0.5) is 10.2 Å². The molecule has 1 aromatic carbocycles. The minimum atomic E-state index is -3.16. The van der Waals surface area contributed by atoms with Crippen LogP contribution in [-0.4, -0.2) is 57.6 Å². The highest BCUT2D eigenvalue weighted by Crippen LogP contribution is 2.29. The summed E-state index contributed by atoms with van der Waals surface area (Å²) in [6, 6.07) is 5.43. The molecule has 0 atom stereocenters. The van der Waals surface area contributed by atoms with Crippen molar-refractivity contribution in [3.05, 3.63) is 36.2 Å². The number of anilines is 1. The molecule has 166 valence electrons. The zero-order chi connectivity index (χ0) is 22.3. The predicted molar refractivity (Wildman–Crippen MR) is 119 cm³/mol. The Balaban J connectivity index is 1.59. The van der Waals surface area contributed by atoms with Crippen molar-refractivity contribution in [2.75, 3.05) is 24.7 Å². The van der Waals surface area contributed by atoms with Crippen molar-refractivity contribution >= 4 is 26.9 Å². The quantitative estimate of drug-likeness (QED) is 0.646. The maximum Gasteiger partial charge on any atom is 0.211 e. The lowest BCUT2D eigenvalue weighted by Gasteiger charge is -2.30. The SMILES string of the molecule is Cc1nc2c(F)cc(-c3cc(NC4CCN(S(C)(=O)=O)CC4)ncn3)cc2n1C(C)C. The highest BCUT2D eigenvalue weighted by molar-refractivity contribution is 7.88. The summed E-state index contributed by atoms with van der Waals surface area (Å²) in [5.74, 6) is 1.03. The summed E-state index contributed by atoms with van der Waals surface area (Å²) in [4.78, 5) is 13.0. The van der Waals surface area contributed by atoms with E-state index < -0.39 is 10.0 Å². The summed E-state index contributed by atoms with van der Waals surface area (Å²) in [6.07, 6.45) is 4.08. The number of aromatic nitrogens is 4. The van der Waals surface area contributed by atoms with E-state index >= 15 is 0 Å². The first-order valence-electron chi connectivity index (χ1n) is 10.4. The molecule has 10 heteroatoms. The van der Waals surface area contributed by atoms with Crippen LogP contribution in [0.3, 0.4) is 0 Å². The van der Waals surface area contributed by atoms with Gasteiger partial charge in [-0.05, 0) is 45.7 Å². The van der Waals surface area contributed by atoms with Gasteiger partial charge in [0.05, 0.1) is 17.5 Å². The summed E-state index contributed by atoms with van der Waals surface area (Å²) in [5.41, 5.74) is 2.37. The molecule has 0 aliphatic carbocycles. The molecule has 1 aliphatic rings. The molecule has 0 spiro atoms. The van der Waals surface area contributed by atoms with E-state index in [0.717, 1.165) is 11.3 Å². The van der Waals surface area contributed by atoms with Gasteiger partial charge in [0, 0.05) is 36.8 Å². The van der Waals surface area contributed by atoms with E-state index in [2.05, 4.69) is 20.3 Å². The molecule has 3 aromatic rings. The van der Waals surface area contributed by atoms with Crippen molar-refractivity contribution in [2.24, 2.45) is 0 Å². The van der Waals surface area contributed by atoms with E-state index in [1.165, 1.54) is 23.0 Å². The molecule has 1 saturated heterocycles. The molecule has 0 radical (unpaired) electrons. The second-order valence-corrected chi connectivity index (χ2v) is 10.3. The lowest BCUT2D eigenvalue weighted by molar-refractivity contribution is 0.331. The number of nitrogens with one attached hydrogen (secondary N) is 1. The first kappa shape index (κ1) is 21.6. The van der Waals surface area contributed by atoms with Crippen LogP contribution in [-0.2, 0) is 10.0 Å². The minimum Gasteiger partial charge on any atom is -0.367 e. The van der Waals surface area contributed by atoms with Crippen molar-refractivity contribution < 1.29 is 12.8 Å². The van der Waals surface area contributed by atoms with Crippen LogP contribution in [0.25, 0.3) is 22.3 Å². The van der Waals surface area contributed by atoms with Gasteiger partial charge in [0.15, 0.2) is 5.82 Å². The van der Waals surface area contributed by atoms with Crippen LogP contribution in [0.5, 0.6) is 0 Å². The Morgan fingerprint density at radius 2 is 1.87 bits per heavy atom. The fourth-order valence-corrected chi connectivity index (χ4v) is 5.08. The van der Waals surface area contributed by atoms with Gasteiger partial charge in [0.25, 0.3) is 0 Å². The van der Waals surface area contributed by atoms with Crippen molar-refractivity contribution in [1.82, 2.24) is 23.8 Å². The Kier molecular flexibility index (Phi) is 5.69. The van der Waals surface area contributed by atoms with Crippen LogP contribution < -0.4 is 5.32 Å². The van der Waals surface area contributed by atoms with E-state index in [1.807, 2.05) is 31.4 Å². The van der Waals surface area contributed by atoms with Crippen molar-refractivity contribution in [2.45, 2.75) is 45.7 Å². The van der Waals surface area contributed by atoms with Crippen LogP contribution >= 0.6 is 0 Å². The molecule has 3 heterocycles. The molecular formula is C21H27FN6O2S. The standard InChI is InChI=1S/C21H27FN6O2S/c1-13(2)28-14(3)25-21-17(22)9-15(10-19(21)28)18-11-20(24-12-23-18)26-16-5-7-27(8-6-16)31(4,29)30/h9-13,16H,5-8H2,1-4H3,(H,23,24,26). The molecule has 1 aliphatic heterocycles. The average molecular weight is 447 g/mol. The first-order chi connectivity index (χ1) is 14.6. The number of benzene rings is 1. The van der Waals surface area contributed by atoms with Gasteiger partial charge in [0.2, 0.25) is 10.0 Å². The maximum absolute atomic E-state index is 14.8. The number of sulfonamides is 1. The van der Waals surface area contributed by atoms with Crippen LogP contribution in [0.2, 0.25) is 0 Å². The largest absolute Gasteiger partial charge is 0.367 e. The summed E-state index contributed by atoms with van der Waals surface area (Å²) in [6.45, 7) is 6.92. The Hall–Kier alpha value is -2.59. The summed E-state index contributed by atoms with van der Waals surface area (Å²) in [5, 5.41) is 3.36. The highest BCUT2D eigenvalue weighted by Gasteiger charge is 2.25. The number of nitrogens with zero attached hydrogens (tertiary/aromatic N) is 5. The van der Waals surface area contributed by atoms with Gasteiger partial charge in [-0.3, -0.25) is 0 Å². The van der Waals surface area contributed by atoms with Crippen LogP contribution in [0, 0.1) is 12.7 Å². The molecule has 8 nitrogen and oxygen atoms in total. The van der Waals surface area contributed by atoms with E-state index in [-0.39, 0.29) is 17.9 Å². The van der Waals surface area contributed by atoms with Gasteiger partial charge >= 0.3 is 0 Å². The molecule has 0 unspecified atom stereocenters. The van der Waals surface area contributed by atoms with E-state index in [1.54, 1.807) is 6.07 Å². The van der Waals surface area contributed by atoms with E-state index in [0.29, 0.717) is 48.5 Å². The number of rotatable bonds is 5. The fourth-order valence-electron chi connectivity index (χ4n) is 4.20. The fraction of sp³-hybridized carbons (Fsp3) is 0.476. The number of aryl methyl sites for hydroxylation is 1. The van der Waals surface area contributed by atoms with Crippen molar-refractivity contribution in [3.8, 4) is 11.3 Å². The predicted octanol–water partition coefficient (Wildman–Crippen LogP) is 3.36.